The zero-order chi connectivity index (χ0) is 11.9. The maximum atomic E-state index is 4.94. The Morgan fingerprint density at radius 3 is 3.24 bits per heavy atom. The van der Waals surface area contributed by atoms with Gasteiger partial charge in [-0.3, -0.25) is 0 Å². The number of ether oxygens (including phenoxy) is 1. The second-order valence-corrected chi connectivity index (χ2v) is 4.48. The van der Waals surface area contributed by atoms with Gasteiger partial charge in [0.2, 0.25) is 0 Å². The van der Waals surface area contributed by atoms with Crippen LogP contribution >= 0.6 is 11.3 Å². The van der Waals surface area contributed by atoms with Gasteiger partial charge in [-0.25, -0.2) is 9.67 Å². The molecular weight excluding hydrogens is 238 g/mol. The van der Waals surface area contributed by atoms with Crippen molar-refractivity contribution in [2.75, 3.05) is 20.3 Å². The average molecular weight is 253 g/mol. The maximum absolute atomic E-state index is 4.94. The van der Waals surface area contributed by atoms with Gasteiger partial charge < -0.3 is 10.1 Å². The molecule has 0 fully saturated rings. The van der Waals surface area contributed by atoms with Gasteiger partial charge in [0.1, 0.15) is 5.01 Å². The van der Waals surface area contributed by atoms with Crippen LogP contribution in [0.4, 0.5) is 0 Å². The molecule has 0 amide bonds. The molecule has 0 unspecified atom stereocenters. The number of hydrogen-bond acceptors (Lipinski definition) is 6. The number of hydrogen-bond donors (Lipinski definition) is 1. The zero-order valence-electron chi connectivity index (χ0n) is 9.67. The Morgan fingerprint density at radius 2 is 2.47 bits per heavy atom. The Morgan fingerprint density at radius 1 is 1.53 bits per heavy atom. The number of nitrogens with one attached hydrogen (secondary N) is 1. The van der Waals surface area contributed by atoms with E-state index in [1.807, 2.05) is 11.6 Å². The number of aromatic nitrogens is 4. The molecule has 0 saturated carbocycles. The predicted molar refractivity (Wildman–Crippen MR) is 64.8 cm³/mol. The van der Waals surface area contributed by atoms with E-state index in [0.29, 0.717) is 19.7 Å². The zero-order valence-corrected chi connectivity index (χ0v) is 10.5. The quantitative estimate of drug-likeness (QED) is 0.729. The van der Waals surface area contributed by atoms with Gasteiger partial charge in [0.15, 0.2) is 0 Å². The molecule has 2 rings (SSSR count). The number of thiazole rings is 1. The van der Waals surface area contributed by atoms with Crippen LogP contribution in [-0.2, 0) is 17.8 Å². The Labute approximate surface area is 104 Å². The van der Waals surface area contributed by atoms with E-state index in [0.717, 1.165) is 17.2 Å². The average Bonchev–Trinajstić information content (AvgIpc) is 2.97. The van der Waals surface area contributed by atoms with Gasteiger partial charge >= 0.3 is 0 Å². The summed E-state index contributed by atoms with van der Waals surface area (Å²) >= 11 is 1.62. The van der Waals surface area contributed by atoms with Crippen LogP contribution in [0.25, 0.3) is 0 Å². The highest BCUT2D eigenvalue weighted by Gasteiger charge is 2.02. The first kappa shape index (κ1) is 12.2. The van der Waals surface area contributed by atoms with Crippen molar-refractivity contribution in [3.05, 3.63) is 28.5 Å². The van der Waals surface area contributed by atoms with Gasteiger partial charge in [0.05, 0.1) is 25.0 Å². The minimum Gasteiger partial charge on any atom is -0.383 e. The van der Waals surface area contributed by atoms with Crippen LogP contribution in [0.5, 0.6) is 0 Å². The largest absolute Gasteiger partial charge is 0.383 e. The van der Waals surface area contributed by atoms with E-state index in [4.69, 9.17) is 4.74 Å². The molecule has 0 aromatic carbocycles. The van der Waals surface area contributed by atoms with Crippen LogP contribution in [0.1, 0.15) is 10.7 Å². The lowest BCUT2D eigenvalue weighted by molar-refractivity contribution is 0.199. The van der Waals surface area contributed by atoms with E-state index in [2.05, 4.69) is 20.6 Å². The highest BCUT2D eigenvalue weighted by molar-refractivity contribution is 7.09. The highest BCUT2D eigenvalue weighted by Crippen LogP contribution is 2.05. The fraction of sp³-hybridized carbons (Fsp3) is 0.500. The number of methoxy groups -OCH3 is 1. The molecule has 0 aliphatic rings. The molecule has 0 aliphatic heterocycles. The summed E-state index contributed by atoms with van der Waals surface area (Å²) in [4.78, 5) is 4.21. The van der Waals surface area contributed by atoms with Crippen LogP contribution in [0.2, 0.25) is 0 Å². The van der Waals surface area contributed by atoms with Gasteiger partial charge in [-0.15, -0.1) is 16.4 Å². The molecule has 7 heteroatoms. The Kier molecular flexibility index (Phi) is 4.60. The van der Waals surface area contributed by atoms with Crippen LogP contribution < -0.4 is 5.32 Å². The minimum absolute atomic E-state index is 0.683. The van der Waals surface area contributed by atoms with Crippen molar-refractivity contribution < 1.29 is 4.74 Å². The van der Waals surface area contributed by atoms with Crippen molar-refractivity contribution in [1.29, 1.82) is 0 Å². The first-order valence-electron chi connectivity index (χ1n) is 5.35. The highest BCUT2D eigenvalue weighted by atomic mass is 32.1. The summed E-state index contributed by atoms with van der Waals surface area (Å²) in [5, 5.41) is 14.3. The Balaban J connectivity index is 1.79. The molecule has 6 nitrogen and oxygen atoms in total. The molecule has 2 aromatic heterocycles. The van der Waals surface area contributed by atoms with E-state index in [1.165, 1.54) is 0 Å². The first-order valence-corrected chi connectivity index (χ1v) is 6.23. The molecule has 17 heavy (non-hydrogen) atoms. The molecule has 0 saturated heterocycles. The fourth-order valence-corrected chi connectivity index (χ4v) is 1.96. The van der Waals surface area contributed by atoms with Gasteiger partial charge in [0.25, 0.3) is 0 Å². The lowest BCUT2D eigenvalue weighted by Crippen LogP contribution is -2.18. The van der Waals surface area contributed by atoms with Crippen molar-refractivity contribution in [1.82, 2.24) is 25.3 Å². The summed E-state index contributed by atoms with van der Waals surface area (Å²) in [5.74, 6) is 0. The van der Waals surface area contributed by atoms with Crippen LogP contribution in [0, 0.1) is 0 Å². The van der Waals surface area contributed by atoms with Gasteiger partial charge in [-0.05, 0) is 0 Å². The summed E-state index contributed by atoms with van der Waals surface area (Å²) in [6.07, 6.45) is 3.73. The Bertz CT molecular complexity index is 428. The summed E-state index contributed by atoms with van der Waals surface area (Å²) in [6, 6.07) is 0. The normalized spacial score (nSPS) is 10.9. The van der Waals surface area contributed by atoms with E-state index in [9.17, 15) is 0 Å². The smallest absolute Gasteiger partial charge is 0.114 e. The molecular formula is C10H15N5OS. The van der Waals surface area contributed by atoms with Crippen LogP contribution in [0.3, 0.4) is 0 Å². The summed E-state index contributed by atoms with van der Waals surface area (Å²) in [6.45, 7) is 2.91. The molecule has 1 N–H and O–H groups in total. The third-order valence-corrected chi connectivity index (χ3v) is 2.92. The van der Waals surface area contributed by atoms with E-state index < -0.39 is 0 Å². The van der Waals surface area contributed by atoms with Crippen LogP contribution in [-0.4, -0.2) is 40.2 Å². The lowest BCUT2D eigenvalue weighted by Gasteiger charge is -1.99. The van der Waals surface area contributed by atoms with Crippen LogP contribution in [0.15, 0.2) is 17.8 Å². The molecule has 0 aliphatic carbocycles. The van der Waals surface area contributed by atoms with Crippen molar-refractivity contribution in [3.63, 3.8) is 0 Å². The van der Waals surface area contributed by atoms with E-state index >= 15 is 0 Å². The van der Waals surface area contributed by atoms with Crippen molar-refractivity contribution in [2.24, 2.45) is 0 Å². The third-order valence-electron chi connectivity index (χ3n) is 2.16. The van der Waals surface area contributed by atoms with Crippen molar-refractivity contribution in [2.45, 2.75) is 13.1 Å². The van der Waals surface area contributed by atoms with Crippen molar-refractivity contribution in [3.8, 4) is 0 Å². The monoisotopic (exact) mass is 253 g/mol. The Hall–Kier alpha value is -1.31. The second kappa shape index (κ2) is 6.43. The maximum Gasteiger partial charge on any atom is 0.114 e. The SMILES string of the molecule is COCCNCc1cn(Cc2nccs2)nn1. The number of nitrogens with zero attached hydrogens (tertiary/aromatic N) is 4. The van der Waals surface area contributed by atoms with Gasteiger partial charge in [0, 0.05) is 31.8 Å². The van der Waals surface area contributed by atoms with Crippen molar-refractivity contribution >= 4 is 11.3 Å². The van der Waals surface area contributed by atoms with Gasteiger partial charge in [-0.2, -0.15) is 0 Å². The summed E-state index contributed by atoms with van der Waals surface area (Å²) < 4.78 is 6.74. The van der Waals surface area contributed by atoms with E-state index in [1.54, 1.807) is 29.3 Å². The van der Waals surface area contributed by atoms with Gasteiger partial charge in [-0.1, -0.05) is 5.21 Å². The molecule has 0 spiro atoms. The third kappa shape index (κ3) is 3.88. The minimum atomic E-state index is 0.683. The molecule has 2 aromatic rings. The molecule has 0 atom stereocenters. The first-order chi connectivity index (χ1) is 8.38. The second-order valence-electron chi connectivity index (χ2n) is 3.50. The topological polar surface area (TPSA) is 64.9 Å². The number of rotatable bonds is 7. The molecule has 2 heterocycles. The molecule has 0 bridgehead atoms. The fourth-order valence-electron chi connectivity index (χ4n) is 1.36. The standard InChI is InChI=1S/C10H15N5OS/c1-16-4-2-11-6-9-7-15(14-13-9)8-10-12-3-5-17-10/h3,5,7,11H,2,4,6,8H2,1H3. The van der Waals surface area contributed by atoms with E-state index in [-0.39, 0.29) is 0 Å². The molecule has 92 valence electrons. The molecule has 0 radical (unpaired) electrons. The summed E-state index contributed by atoms with van der Waals surface area (Å²) in [7, 11) is 1.69. The lowest BCUT2D eigenvalue weighted by atomic mass is 10.4. The predicted octanol–water partition coefficient (Wildman–Crippen LogP) is 0.519. The summed E-state index contributed by atoms with van der Waals surface area (Å²) in [5.41, 5.74) is 0.928.